The molecule has 0 amide bonds. The van der Waals surface area contributed by atoms with Gasteiger partial charge < -0.3 is 0 Å². The summed E-state index contributed by atoms with van der Waals surface area (Å²) in [6.45, 7) is 6.39. The maximum Gasteiger partial charge on any atom is 0.235 e. The summed E-state index contributed by atoms with van der Waals surface area (Å²) < 4.78 is 1.87. The Morgan fingerprint density at radius 1 is 1.20 bits per heavy atom. The molecule has 0 unspecified atom stereocenters. The molecule has 0 aliphatic heterocycles. The van der Waals surface area contributed by atoms with Gasteiger partial charge in [0.1, 0.15) is 5.01 Å². The van der Waals surface area contributed by atoms with E-state index in [9.17, 15) is 0 Å². The zero-order chi connectivity index (χ0) is 14.1. The lowest BCUT2D eigenvalue weighted by molar-refractivity contribution is 0.887. The van der Waals surface area contributed by atoms with Crippen molar-refractivity contribution in [1.82, 2.24) is 19.8 Å². The molecule has 1 aromatic carbocycles. The molecule has 6 heteroatoms. The fourth-order valence-electron chi connectivity index (χ4n) is 1.93. The van der Waals surface area contributed by atoms with Gasteiger partial charge in [-0.1, -0.05) is 30.4 Å². The van der Waals surface area contributed by atoms with Crippen molar-refractivity contribution in [2.75, 3.05) is 5.75 Å². The Kier molecular flexibility index (Phi) is 3.76. The smallest absolute Gasteiger partial charge is 0.186 e. The van der Waals surface area contributed by atoms with Gasteiger partial charge in [0.2, 0.25) is 4.96 Å². The molecule has 0 spiro atoms. The molecule has 3 rings (SSSR count). The van der Waals surface area contributed by atoms with Crippen LogP contribution < -0.4 is 0 Å². The van der Waals surface area contributed by atoms with E-state index in [0.717, 1.165) is 32.9 Å². The third-order valence-electron chi connectivity index (χ3n) is 3.24. The van der Waals surface area contributed by atoms with Crippen LogP contribution in [0.5, 0.6) is 0 Å². The normalized spacial score (nSPS) is 11.3. The van der Waals surface area contributed by atoms with Gasteiger partial charge in [0, 0.05) is 5.56 Å². The standard InChI is InChI=1S/C14H16N4S2/c1-4-19-8-12-15-16-14-18(12)17-13(20-14)11-6-5-9(2)10(3)7-11/h5-7H,4,8H2,1-3H3. The number of nitrogens with zero attached hydrogens (tertiary/aromatic N) is 4. The zero-order valence-electron chi connectivity index (χ0n) is 11.8. The lowest BCUT2D eigenvalue weighted by Crippen LogP contribution is -1.94. The molecular formula is C14H16N4S2. The second-order valence-electron chi connectivity index (χ2n) is 4.65. The lowest BCUT2D eigenvalue weighted by Gasteiger charge is -2.01. The van der Waals surface area contributed by atoms with Gasteiger partial charge >= 0.3 is 0 Å². The van der Waals surface area contributed by atoms with Crippen molar-refractivity contribution in [3.8, 4) is 10.6 Å². The Morgan fingerprint density at radius 3 is 2.80 bits per heavy atom. The van der Waals surface area contributed by atoms with E-state index in [1.54, 1.807) is 11.3 Å². The molecule has 2 aromatic heterocycles. The molecule has 0 aliphatic carbocycles. The molecule has 2 heterocycles. The Balaban J connectivity index is 2.00. The van der Waals surface area contributed by atoms with E-state index in [1.165, 1.54) is 11.1 Å². The second kappa shape index (κ2) is 5.54. The van der Waals surface area contributed by atoms with Gasteiger partial charge in [-0.15, -0.1) is 10.2 Å². The van der Waals surface area contributed by atoms with Crippen molar-refractivity contribution in [1.29, 1.82) is 0 Å². The van der Waals surface area contributed by atoms with Crippen molar-refractivity contribution < 1.29 is 0 Å². The van der Waals surface area contributed by atoms with Crippen LogP contribution in [0, 0.1) is 13.8 Å². The van der Waals surface area contributed by atoms with Crippen LogP contribution in [0.3, 0.4) is 0 Å². The summed E-state index contributed by atoms with van der Waals surface area (Å²) in [5.74, 6) is 2.86. The number of benzene rings is 1. The van der Waals surface area contributed by atoms with E-state index in [2.05, 4.69) is 54.3 Å². The highest BCUT2D eigenvalue weighted by Crippen LogP contribution is 2.27. The highest BCUT2D eigenvalue weighted by atomic mass is 32.2. The highest BCUT2D eigenvalue weighted by molar-refractivity contribution is 7.98. The largest absolute Gasteiger partial charge is 0.235 e. The summed E-state index contributed by atoms with van der Waals surface area (Å²) in [5.41, 5.74) is 3.74. The monoisotopic (exact) mass is 304 g/mol. The van der Waals surface area contributed by atoms with E-state index >= 15 is 0 Å². The third kappa shape index (κ3) is 2.45. The Labute approximate surface area is 126 Å². The first-order valence-electron chi connectivity index (χ1n) is 6.55. The van der Waals surface area contributed by atoms with Gasteiger partial charge in [-0.25, -0.2) is 0 Å². The highest BCUT2D eigenvalue weighted by Gasteiger charge is 2.13. The fourth-order valence-corrected chi connectivity index (χ4v) is 3.35. The summed E-state index contributed by atoms with van der Waals surface area (Å²) in [4.78, 5) is 0.866. The van der Waals surface area contributed by atoms with E-state index in [1.807, 2.05) is 16.3 Å². The van der Waals surface area contributed by atoms with Gasteiger partial charge in [0.15, 0.2) is 5.82 Å². The minimum atomic E-state index is 0.855. The van der Waals surface area contributed by atoms with Crippen molar-refractivity contribution in [2.24, 2.45) is 0 Å². The minimum absolute atomic E-state index is 0.855. The zero-order valence-corrected chi connectivity index (χ0v) is 13.4. The first-order valence-corrected chi connectivity index (χ1v) is 8.52. The predicted octanol–water partition coefficient (Wildman–Crippen LogP) is 3.72. The fraction of sp³-hybridized carbons (Fsp3) is 0.357. The Hall–Kier alpha value is -1.40. The molecule has 0 radical (unpaired) electrons. The van der Waals surface area contributed by atoms with Crippen LogP contribution in [0.4, 0.5) is 0 Å². The summed E-state index contributed by atoms with van der Waals surface area (Å²) >= 11 is 3.42. The first-order chi connectivity index (χ1) is 9.69. The van der Waals surface area contributed by atoms with E-state index in [0.29, 0.717) is 0 Å². The lowest BCUT2D eigenvalue weighted by atomic mass is 10.1. The second-order valence-corrected chi connectivity index (χ2v) is 6.88. The summed E-state index contributed by atoms with van der Waals surface area (Å²) in [7, 11) is 0. The van der Waals surface area contributed by atoms with Gasteiger partial charge in [-0.05, 0) is 36.8 Å². The summed E-state index contributed by atoms with van der Waals surface area (Å²) in [6.07, 6.45) is 0. The predicted molar refractivity (Wildman–Crippen MR) is 85.4 cm³/mol. The molecular weight excluding hydrogens is 288 g/mol. The third-order valence-corrected chi connectivity index (χ3v) is 5.06. The maximum atomic E-state index is 4.66. The Morgan fingerprint density at radius 2 is 2.05 bits per heavy atom. The number of rotatable bonds is 4. The number of thioether (sulfide) groups is 1. The summed E-state index contributed by atoms with van der Waals surface area (Å²) in [5, 5.41) is 14.1. The number of hydrogen-bond donors (Lipinski definition) is 0. The number of fused-ring (bicyclic) bond motifs is 1. The van der Waals surface area contributed by atoms with Crippen LogP contribution >= 0.6 is 23.1 Å². The molecule has 0 saturated heterocycles. The molecule has 3 aromatic rings. The minimum Gasteiger partial charge on any atom is -0.186 e. The van der Waals surface area contributed by atoms with Crippen LogP contribution in [0.25, 0.3) is 15.5 Å². The molecule has 0 fully saturated rings. The van der Waals surface area contributed by atoms with E-state index < -0.39 is 0 Å². The molecule has 4 nitrogen and oxygen atoms in total. The molecule has 0 atom stereocenters. The van der Waals surface area contributed by atoms with Crippen molar-refractivity contribution >= 4 is 28.1 Å². The topological polar surface area (TPSA) is 43.1 Å². The van der Waals surface area contributed by atoms with Crippen molar-refractivity contribution in [3.05, 3.63) is 35.2 Å². The average Bonchev–Trinajstić information content (AvgIpc) is 3.00. The van der Waals surface area contributed by atoms with Crippen LogP contribution in [-0.2, 0) is 5.75 Å². The van der Waals surface area contributed by atoms with Crippen LogP contribution in [0.2, 0.25) is 0 Å². The van der Waals surface area contributed by atoms with Crippen LogP contribution in [-0.4, -0.2) is 25.6 Å². The van der Waals surface area contributed by atoms with Crippen LogP contribution in [0.1, 0.15) is 23.9 Å². The van der Waals surface area contributed by atoms with Crippen molar-refractivity contribution in [3.63, 3.8) is 0 Å². The molecule has 0 aliphatic rings. The van der Waals surface area contributed by atoms with Gasteiger partial charge in [-0.3, -0.25) is 0 Å². The molecule has 0 saturated carbocycles. The number of aryl methyl sites for hydroxylation is 2. The van der Waals surface area contributed by atoms with Gasteiger partial charge in [0.05, 0.1) is 5.75 Å². The van der Waals surface area contributed by atoms with Crippen molar-refractivity contribution in [2.45, 2.75) is 26.5 Å². The number of hydrogen-bond acceptors (Lipinski definition) is 5. The van der Waals surface area contributed by atoms with Gasteiger partial charge in [0.25, 0.3) is 0 Å². The number of aromatic nitrogens is 4. The van der Waals surface area contributed by atoms with Crippen LogP contribution in [0.15, 0.2) is 18.2 Å². The first kappa shape index (κ1) is 13.6. The quantitative estimate of drug-likeness (QED) is 0.737. The maximum absolute atomic E-state index is 4.66. The average molecular weight is 304 g/mol. The van der Waals surface area contributed by atoms with Gasteiger partial charge in [-0.2, -0.15) is 21.4 Å². The SMILES string of the molecule is CCSCc1nnc2sc(-c3ccc(C)c(C)c3)nn12. The molecule has 20 heavy (non-hydrogen) atoms. The van der Waals surface area contributed by atoms with E-state index in [4.69, 9.17) is 0 Å². The van der Waals surface area contributed by atoms with E-state index in [-0.39, 0.29) is 0 Å². The molecule has 0 N–H and O–H groups in total. The summed E-state index contributed by atoms with van der Waals surface area (Å²) in [6, 6.07) is 6.44. The Bertz CT molecular complexity index is 745. The molecule has 104 valence electrons. The molecule has 0 bridgehead atoms.